The lowest BCUT2D eigenvalue weighted by atomic mass is 10.2. The zero-order chi connectivity index (χ0) is 10.1. The maximum absolute atomic E-state index is 5.80. The molecule has 0 atom stereocenters. The average molecular weight is 301 g/mol. The van der Waals surface area contributed by atoms with E-state index in [0.717, 1.165) is 9.13 Å². The first-order valence-corrected chi connectivity index (χ1v) is 5.10. The number of hydrogen-bond acceptors (Lipinski definition) is 4. The summed E-state index contributed by atoms with van der Waals surface area (Å²) >= 11 is 2.21. The Bertz CT molecular complexity index is 467. The Morgan fingerprint density at radius 3 is 2.86 bits per heavy atom. The second-order valence-electron chi connectivity index (χ2n) is 2.88. The van der Waals surface area contributed by atoms with Crippen LogP contribution in [0, 0.1) is 10.5 Å². The Hall–Kier alpha value is -1.11. The fourth-order valence-corrected chi connectivity index (χ4v) is 1.61. The summed E-state index contributed by atoms with van der Waals surface area (Å²) in [5, 5.41) is 3.72. The van der Waals surface area contributed by atoms with Gasteiger partial charge in [0.25, 0.3) is 5.89 Å². The van der Waals surface area contributed by atoms with Gasteiger partial charge in [-0.25, -0.2) is 0 Å². The van der Waals surface area contributed by atoms with E-state index in [9.17, 15) is 0 Å². The predicted molar refractivity (Wildman–Crippen MR) is 61.6 cm³/mol. The number of anilines is 1. The van der Waals surface area contributed by atoms with Gasteiger partial charge in [-0.3, -0.25) is 0 Å². The minimum absolute atomic E-state index is 0.471. The highest BCUT2D eigenvalue weighted by Gasteiger charge is 2.09. The number of nitrogen functional groups attached to an aromatic ring is 1. The van der Waals surface area contributed by atoms with Crippen molar-refractivity contribution in [2.45, 2.75) is 6.92 Å². The van der Waals surface area contributed by atoms with Gasteiger partial charge in [-0.05, 0) is 47.7 Å². The van der Waals surface area contributed by atoms with Gasteiger partial charge in [0.15, 0.2) is 5.82 Å². The first-order valence-electron chi connectivity index (χ1n) is 4.02. The number of aryl methyl sites for hydroxylation is 1. The number of benzene rings is 1. The molecule has 1 aromatic heterocycles. The zero-order valence-corrected chi connectivity index (χ0v) is 9.65. The van der Waals surface area contributed by atoms with E-state index in [1.807, 2.05) is 18.2 Å². The van der Waals surface area contributed by atoms with E-state index in [-0.39, 0.29) is 0 Å². The number of nitrogens with two attached hydrogens (primary N) is 1. The molecule has 1 aromatic carbocycles. The van der Waals surface area contributed by atoms with Gasteiger partial charge < -0.3 is 10.3 Å². The van der Waals surface area contributed by atoms with Crippen LogP contribution in [0.4, 0.5) is 5.69 Å². The maximum atomic E-state index is 5.80. The van der Waals surface area contributed by atoms with E-state index in [1.54, 1.807) is 6.92 Å². The molecule has 0 aliphatic heterocycles. The summed E-state index contributed by atoms with van der Waals surface area (Å²) < 4.78 is 6.13. The molecule has 4 nitrogen and oxygen atoms in total. The molecule has 0 saturated carbocycles. The first kappa shape index (κ1) is 9.45. The lowest BCUT2D eigenvalue weighted by molar-refractivity contribution is 0.426. The molecule has 14 heavy (non-hydrogen) atoms. The quantitative estimate of drug-likeness (QED) is 0.648. The summed E-state index contributed by atoms with van der Waals surface area (Å²) in [6.45, 7) is 1.77. The van der Waals surface area contributed by atoms with Crippen molar-refractivity contribution in [1.82, 2.24) is 10.1 Å². The third kappa shape index (κ3) is 1.72. The van der Waals surface area contributed by atoms with Crippen LogP contribution in [0.15, 0.2) is 22.7 Å². The molecular weight excluding hydrogens is 293 g/mol. The molecule has 2 rings (SSSR count). The molecule has 5 heteroatoms. The van der Waals surface area contributed by atoms with Crippen LogP contribution in [0.3, 0.4) is 0 Å². The number of halogens is 1. The molecule has 2 N–H and O–H groups in total. The molecule has 0 aliphatic carbocycles. The van der Waals surface area contributed by atoms with E-state index < -0.39 is 0 Å². The number of hydrogen-bond donors (Lipinski definition) is 1. The fourth-order valence-electron chi connectivity index (χ4n) is 1.12. The van der Waals surface area contributed by atoms with Crippen LogP contribution in [0.2, 0.25) is 0 Å². The van der Waals surface area contributed by atoms with E-state index in [4.69, 9.17) is 10.3 Å². The van der Waals surface area contributed by atoms with Gasteiger partial charge in [0.1, 0.15) is 0 Å². The molecule has 0 unspecified atom stereocenters. The van der Waals surface area contributed by atoms with E-state index >= 15 is 0 Å². The van der Waals surface area contributed by atoms with Crippen LogP contribution >= 0.6 is 22.6 Å². The van der Waals surface area contributed by atoms with Crippen molar-refractivity contribution >= 4 is 28.3 Å². The smallest absolute Gasteiger partial charge is 0.260 e. The third-order valence-corrected chi connectivity index (χ3v) is 2.44. The Kier molecular flexibility index (Phi) is 2.40. The van der Waals surface area contributed by atoms with Crippen molar-refractivity contribution in [3.8, 4) is 11.5 Å². The Morgan fingerprint density at radius 1 is 1.43 bits per heavy atom. The van der Waals surface area contributed by atoms with Crippen LogP contribution in [0.25, 0.3) is 11.5 Å². The summed E-state index contributed by atoms with van der Waals surface area (Å²) in [5.74, 6) is 1.08. The fraction of sp³-hybridized carbons (Fsp3) is 0.111. The molecule has 0 radical (unpaired) electrons. The lowest BCUT2D eigenvalue weighted by Crippen LogP contribution is -1.90. The molecular formula is C9H8IN3O. The number of aromatic nitrogens is 2. The SMILES string of the molecule is Cc1noc(-c2cc(I)ccc2N)n1. The highest BCUT2D eigenvalue weighted by atomic mass is 127. The van der Waals surface area contributed by atoms with Gasteiger partial charge in [0, 0.05) is 9.26 Å². The minimum Gasteiger partial charge on any atom is -0.398 e. The van der Waals surface area contributed by atoms with Crippen molar-refractivity contribution in [2.75, 3.05) is 5.73 Å². The minimum atomic E-state index is 0.471. The van der Waals surface area contributed by atoms with Crippen molar-refractivity contribution in [3.63, 3.8) is 0 Å². The van der Waals surface area contributed by atoms with Crippen molar-refractivity contribution in [1.29, 1.82) is 0 Å². The Morgan fingerprint density at radius 2 is 2.21 bits per heavy atom. The molecule has 2 aromatic rings. The summed E-state index contributed by atoms with van der Waals surface area (Å²) in [6.07, 6.45) is 0. The van der Waals surface area contributed by atoms with E-state index in [1.165, 1.54) is 0 Å². The summed E-state index contributed by atoms with van der Waals surface area (Å²) in [5.41, 5.74) is 7.24. The normalized spacial score (nSPS) is 10.4. The highest BCUT2D eigenvalue weighted by Crippen LogP contribution is 2.25. The molecule has 0 saturated heterocycles. The lowest BCUT2D eigenvalue weighted by Gasteiger charge is -2.00. The Balaban J connectivity index is 2.55. The van der Waals surface area contributed by atoms with Crippen LogP contribution < -0.4 is 5.73 Å². The Labute approximate surface area is 94.6 Å². The summed E-state index contributed by atoms with van der Waals surface area (Å²) in [7, 11) is 0. The van der Waals surface area contributed by atoms with Gasteiger partial charge in [0.2, 0.25) is 0 Å². The molecule has 0 bridgehead atoms. The molecule has 0 fully saturated rings. The standard InChI is InChI=1S/C9H8IN3O/c1-5-12-9(14-13-5)7-4-6(10)2-3-8(7)11/h2-4H,11H2,1H3. The van der Waals surface area contributed by atoms with Crippen LogP contribution in [-0.2, 0) is 0 Å². The summed E-state index contributed by atoms with van der Waals surface area (Å²) in [4.78, 5) is 4.12. The van der Waals surface area contributed by atoms with E-state index in [0.29, 0.717) is 17.4 Å². The van der Waals surface area contributed by atoms with Gasteiger partial charge in [-0.2, -0.15) is 4.98 Å². The van der Waals surface area contributed by atoms with Crippen LogP contribution in [0.5, 0.6) is 0 Å². The second-order valence-corrected chi connectivity index (χ2v) is 4.12. The topological polar surface area (TPSA) is 64.9 Å². The van der Waals surface area contributed by atoms with E-state index in [2.05, 4.69) is 32.7 Å². The molecule has 0 aliphatic rings. The van der Waals surface area contributed by atoms with Gasteiger partial charge in [-0.15, -0.1) is 0 Å². The van der Waals surface area contributed by atoms with Gasteiger partial charge >= 0.3 is 0 Å². The second kappa shape index (κ2) is 3.56. The highest BCUT2D eigenvalue weighted by molar-refractivity contribution is 14.1. The maximum Gasteiger partial charge on any atom is 0.260 e. The van der Waals surface area contributed by atoms with Crippen LogP contribution in [-0.4, -0.2) is 10.1 Å². The molecule has 1 heterocycles. The molecule has 0 spiro atoms. The monoisotopic (exact) mass is 301 g/mol. The number of rotatable bonds is 1. The van der Waals surface area contributed by atoms with Crippen LogP contribution in [0.1, 0.15) is 5.82 Å². The predicted octanol–water partition coefficient (Wildman–Crippen LogP) is 2.23. The average Bonchev–Trinajstić information content (AvgIpc) is 2.56. The van der Waals surface area contributed by atoms with Crippen molar-refractivity contribution in [2.24, 2.45) is 0 Å². The zero-order valence-electron chi connectivity index (χ0n) is 7.49. The molecule has 72 valence electrons. The largest absolute Gasteiger partial charge is 0.398 e. The van der Waals surface area contributed by atoms with Crippen molar-refractivity contribution in [3.05, 3.63) is 27.6 Å². The van der Waals surface area contributed by atoms with Crippen molar-refractivity contribution < 1.29 is 4.52 Å². The van der Waals surface area contributed by atoms with Gasteiger partial charge in [0.05, 0.1) is 5.56 Å². The number of nitrogens with zero attached hydrogens (tertiary/aromatic N) is 2. The molecule has 0 amide bonds. The van der Waals surface area contributed by atoms with Gasteiger partial charge in [-0.1, -0.05) is 5.16 Å². The first-order chi connectivity index (χ1) is 6.66. The summed E-state index contributed by atoms with van der Waals surface area (Å²) in [6, 6.07) is 5.68. The third-order valence-electron chi connectivity index (χ3n) is 1.77.